The highest BCUT2D eigenvalue weighted by molar-refractivity contribution is 5.56. The fourth-order valence-corrected chi connectivity index (χ4v) is 1.48. The number of ether oxygens (including phenoxy) is 1. The maximum absolute atomic E-state index is 5.73. The standard InChI is InChI=1S/C13H22N2O/c1-2-3-6-11-16-13-8-5-4-7-12(13)15-10-9-14/h4-5,7-8,15H,2-3,6,9-11,14H2,1H3. The Labute approximate surface area is 98.0 Å². The molecule has 1 aromatic rings. The minimum atomic E-state index is 0.629. The minimum Gasteiger partial charge on any atom is -0.491 e. The van der Waals surface area contributed by atoms with Gasteiger partial charge in [0.15, 0.2) is 0 Å². The van der Waals surface area contributed by atoms with Crippen molar-refractivity contribution < 1.29 is 4.74 Å². The van der Waals surface area contributed by atoms with E-state index in [2.05, 4.69) is 12.2 Å². The molecule has 3 heteroatoms. The molecule has 0 saturated heterocycles. The molecule has 90 valence electrons. The second-order valence-electron chi connectivity index (χ2n) is 3.77. The summed E-state index contributed by atoms with van der Waals surface area (Å²) < 4.78 is 5.73. The van der Waals surface area contributed by atoms with Crippen molar-refractivity contribution in [2.75, 3.05) is 25.0 Å². The van der Waals surface area contributed by atoms with Gasteiger partial charge in [-0.3, -0.25) is 0 Å². The molecule has 0 aliphatic carbocycles. The Morgan fingerprint density at radius 3 is 2.81 bits per heavy atom. The molecule has 0 aliphatic rings. The van der Waals surface area contributed by atoms with E-state index < -0.39 is 0 Å². The Balaban J connectivity index is 2.43. The van der Waals surface area contributed by atoms with Crippen LogP contribution in [-0.4, -0.2) is 19.7 Å². The second-order valence-corrected chi connectivity index (χ2v) is 3.77. The molecule has 3 N–H and O–H groups in total. The molecule has 0 radical (unpaired) electrons. The molecule has 0 amide bonds. The van der Waals surface area contributed by atoms with Crippen LogP contribution in [0.3, 0.4) is 0 Å². The van der Waals surface area contributed by atoms with Gasteiger partial charge in [-0.1, -0.05) is 31.9 Å². The van der Waals surface area contributed by atoms with Gasteiger partial charge in [0.05, 0.1) is 12.3 Å². The fraction of sp³-hybridized carbons (Fsp3) is 0.538. The minimum absolute atomic E-state index is 0.629. The van der Waals surface area contributed by atoms with Gasteiger partial charge in [-0.2, -0.15) is 0 Å². The Bertz CT molecular complexity index is 289. The maximum atomic E-state index is 5.73. The molecular weight excluding hydrogens is 200 g/mol. The van der Waals surface area contributed by atoms with Crippen molar-refractivity contribution in [3.8, 4) is 5.75 Å². The molecule has 0 bridgehead atoms. The average Bonchev–Trinajstić information content (AvgIpc) is 2.33. The van der Waals surface area contributed by atoms with Crippen molar-refractivity contribution in [2.24, 2.45) is 5.73 Å². The van der Waals surface area contributed by atoms with E-state index >= 15 is 0 Å². The van der Waals surface area contributed by atoms with Crippen molar-refractivity contribution in [2.45, 2.75) is 26.2 Å². The summed E-state index contributed by atoms with van der Waals surface area (Å²) >= 11 is 0. The van der Waals surface area contributed by atoms with E-state index in [1.165, 1.54) is 12.8 Å². The van der Waals surface area contributed by atoms with Crippen LogP contribution in [0, 0.1) is 0 Å². The lowest BCUT2D eigenvalue weighted by Gasteiger charge is -2.12. The molecule has 0 atom stereocenters. The SMILES string of the molecule is CCCCCOc1ccccc1NCCN. The van der Waals surface area contributed by atoms with E-state index in [4.69, 9.17) is 10.5 Å². The van der Waals surface area contributed by atoms with Crippen molar-refractivity contribution in [1.82, 2.24) is 0 Å². The van der Waals surface area contributed by atoms with E-state index in [9.17, 15) is 0 Å². The molecule has 0 spiro atoms. The summed E-state index contributed by atoms with van der Waals surface area (Å²) in [7, 11) is 0. The zero-order valence-corrected chi connectivity index (χ0v) is 10.0. The van der Waals surface area contributed by atoms with Crippen LogP contribution in [0.15, 0.2) is 24.3 Å². The first-order valence-electron chi connectivity index (χ1n) is 6.04. The lowest BCUT2D eigenvalue weighted by atomic mass is 10.2. The van der Waals surface area contributed by atoms with Crippen LogP contribution in [0.2, 0.25) is 0 Å². The van der Waals surface area contributed by atoms with Gasteiger partial charge in [-0.15, -0.1) is 0 Å². The summed E-state index contributed by atoms with van der Waals surface area (Å²) in [6.07, 6.45) is 3.55. The zero-order chi connectivity index (χ0) is 11.6. The van der Waals surface area contributed by atoms with Crippen LogP contribution in [0.4, 0.5) is 5.69 Å². The highest BCUT2D eigenvalue weighted by Gasteiger charge is 2.00. The van der Waals surface area contributed by atoms with Gasteiger partial charge >= 0.3 is 0 Å². The number of unbranched alkanes of at least 4 members (excludes halogenated alkanes) is 2. The van der Waals surface area contributed by atoms with Crippen LogP contribution in [0.1, 0.15) is 26.2 Å². The molecule has 1 aromatic carbocycles. The molecule has 0 saturated carbocycles. The smallest absolute Gasteiger partial charge is 0.142 e. The Hall–Kier alpha value is -1.22. The number of hydrogen-bond donors (Lipinski definition) is 2. The predicted octanol–water partition coefficient (Wildman–Crippen LogP) is 2.63. The molecule has 0 aliphatic heterocycles. The lowest BCUT2D eigenvalue weighted by molar-refractivity contribution is 0.307. The molecule has 0 aromatic heterocycles. The molecular formula is C13H22N2O. The number of nitrogens with two attached hydrogens (primary N) is 1. The van der Waals surface area contributed by atoms with Crippen LogP contribution in [0.25, 0.3) is 0 Å². The van der Waals surface area contributed by atoms with E-state index in [1.54, 1.807) is 0 Å². The van der Waals surface area contributed by atoms with E-state index in [1.807, 2.05) is 24.3 Å². The Morgan fingerprint density at radius 2 is 2.06 bits per heavy atom. The van der Waals surface area contributed by atoms with Gasteiger partial charge in [-0.25, -0.2) is 0 Å². The summed E-state index contributed by atoms with van der Waals surface area (Å²) in [5.41, 5.74) is 6.49. The second kappa shape index (κ2) is 7.99. The highest BCUT2D eigenvalue weighted by Crippen LogP contribution is 2.23. The quantitative estimate of drug-likeness (QED) is 0.665. The van der Waals surface area contributed by atoms with Crippen molar-refractivity contribution in [3.05, 3.63) is 24.3 Å². The van der Waals surface area contributed by atoms with E-state index in [0.717, 1.165) is 31.0 Å². The van der Waals surface area contributed by atoms with Crippen LogP contribution < -0.4 is 15.8 Å². The maximum Gasteiger partial charge on any atom is 0.142 e. The first-order valence-corrected chi connectivity index (χ1v) is 6.04. The number of rotatable bonds is 8. The number of benzene rings is 1. The molecule has 16 heavy (non-hydrogen) atoms. The summed E-state index contributed by atoms with van der Waals surface area (Å²) in [5, 5.41) is 3.25. The summed E-state index contributed by atoms with van der Waals surface area (Å²) in [6.45, 7) is 4.38. The monoisotopic (exact) mass is 222 g/mol. The summed E-state index contributed by atoms with van der Waals surface area (Å²) in [5.74, 6) is 0.923. The van der Waals surface area contributed by atoms with E-state index in [0.29, 0.717) is 6.54 Å². The third kappa shape index (κ3) is 4.53. The Morgan fingerprint density at radius 1 is 1.25 bits per heavy atom. The zero-order valence-electron chi connectivity index (χ0n) is 10.0. The van der Waals surface area contributed by atoms with Crippen molar-refractivity contribution >= 4 is 5.69 Å². The number of nitrogens with one attached hydrogen (secondary N) is 1. The highest BCUT2D eigenvalue weighted by atomic mass is 16.5. The third-order valence-electron chi connectivity index (χ3n) is 2.35. The largest absolute Gasteiger partial charge is 0.491 e. The first-order chi connectivity index (χ1) is 7.88. The molecule has 3 nitrogen and oxygen atoms in total. The van der Waals surface area contributed by atoms with Gasteiger partial charge in [0.2, 0.25) is 0 Å². The average molecular weight is 222 g/mol. The van der Waals surface area contributed by atoms with Gasteiger partial charge < -0.3 is 15.8 Å². The fourth-order valence-electron chi connectivity index (χ4n) is 1.48. The Kier molecular flexibility index (Phi) is 6.42. The summed E-state index contributed by atoms with van der Waals surface area (Å²) in [4.78, 5) is 0. The van der Waals surface area contributed by atoms with Crippen molar-refractivity contribution in [3.63, 3.8) is 0 Å². The van der Waals surface area contributed by atoms with Gasteiger partial charge in [-0.05, 0) is 18.6 Å². The van der Waals surface area contributed by atoms with E-state index in [-0.39, 0.29) is 0 Å². The number of hydrogen-bond acceptors (Lipinski definition) is 3. The first kappa shape index (κ1) is 12.8. The molecule has 0 unspecified atom stereocenters. The molecule has 0 heterocycles. The van der Waals surface area contributed by atoms with Crippen LogP contribution in [0.5, 0.6) is 5.75 Å². The number of anilines is 1. The topological polar surface area (TPSA) is 47.3 Å². The lowest BCUT2D eigenvalue weighted by Crippen LogP contribution is -2.13. The van der Waals surface area contributed by atoms with Crippen LogP contribution in [-0.2, 0) is 0 Å². The predicted molar refractivity (Wildman–Crippen MR) is 69.0 cm³/mol. The van der Waals surface area contributed by atoms with Gasteiger partial charge in [0.1, 0.15) is 5.75 Å². The molecule has 0 fully saturated rings. The normalized spacial score (nSPS) is 10.1. The third-order valence-corrected chi connectivity index (χ3v) is 2.35. The van der Waals surface area contributed by atoms with Crippen LogP contribution >= 0.6 is 0 Å². The number of para-hydroxylation sites is 2. The summed E-state index contributed by atoms with van der Waals surface area (Å²) in [6, 6.07) is 8.00. The van der Waals surface area contributed by atoms with Gasteiger partial charge in [0.25, 0.3) is 0 Å². The molecule has 1 rings (SSSR count). The van der Waals surface area contributed by atoms with Gasteiger partial charge in [0, 0.05) is 13.1 Å². The van der Waals surface area contributed by atoms with Crippen molar-refractivity contribution in [1.29, 1.82) is 0 Å².